The highest BCUT2D eigenvalue weighted by Gasteiger charge is 2.36. The van der Waals surface area contributed by atoms with E-state index in [2.05, 4.69) is 146 Å². The van der Waals surface area contributed by atoms with Crippen LogP contribution in [0.3, 0.4) is 0 Å². The van der Waals surface area contributed by atoms with Gasteiger partial charge in [0, 0.05) is 38.5 Å². The number of aromatic nitrogens is 1. The number of hydrogen-bond donors (Lipinski definition) is 0. The maximum Gasteiger partial charge on any atom is 0.143 e. The highest BCUT2D eigenvalue weighted by molar-refractivity contribution is 6.09. The Kier molecular flexibility index (Phi) is 5.49. The summed E-state index contributed by atoms with van der Waals surface area (Å²) in [6, 6.07) is 46.6. The third-order valence-corrected chi connectivity index (χ3v) is 10.7. The van der Waals surface area contributed by atoms with Gasteiger partial charge in [0.2, 0.25) is 0 Å². The van der Waals surface area contributed by atoms with Gasteiger partial charge in [-0.1, -0.05) is 117 Å². The van der Waals surface area contributed by atoms with Crippen LogP contribution < -0.4 is 0 Å². The summed E-state index contributed by atoms with van der Waals surface area (Å²) in [5, 5.41) is 3.71. The molecule has 0 radical (unpaired) electrons. The van der Waals surface area contributed by atoms with E-state index in [1.807, 2.05) is 12.1 Å². The Morgan fingerprint density at radius 2 is 1.30 bits per heavy atom. The summed E-state index contributed by atoms with van der Waals surface area (Å²) < 4.78 is 8.80. The van der Waals surface area contributed by atoms with E-state index in [0.29, 0.717) is 0 Å². The zero-order valence-corrected chi connectivity index (χ0v) is 26.5. The fourth-order valence-electron chi connectivity index (χ4n) is 8.32. The standard InChI is InChI=1S/C45H33NO/c1-45(2)39-15-6-3-10-33(39)37-27-42-38(26-40(37)45)34-11-4-7-16-41(34)46(42)31-24-22-29(23-25-31)28-18-20-30(21-19-28)32-13-9-14-36-35-12-5-8-17-43(35)47-44(32)36/h3,5-10,12-27H,4,11H2,1-2H3. The monoisotopic (exact) mass is 603 g/mol. The minimum atomic E-state index is -0.00458. The fraction of sp³-hybridized carbons (Fsp3) is 0.111. The fourth-order valence-corrected chi connectivity index (χ4v) is 8.32. The molecule has 0 spiro atoms. The van der Waals surface area contributed by atoms with Crippen molar-refractivity contribution in [2.24, 2.45) is 0 Å². The topological polar surface area (TPSA) is 18.1 Å². The summed E-state index contributed by atoms with van der Waals surface area (Å²) in [6.45, 7) is 4.74. The van der Waals surface area contributed by atoms with E-state index in [1.165, 1.54) is 61.2 Å². The van der Waals surface area contributed by atoms with Crippen LogP contribution in [0, 0.1) is 0 Å². The van der Waals surface area contributed by atoms with Crippen molar-refractivity contribution in [3.05, 3.63) is 156 Å². The van der Waals surface area contributed by atoms with Crippen LogP contribution in [-0.4, -0.2) is 4.57 Å². The number of nitrogens with zero attached hydrogens (tertiary/aromatic N) is 1. The number of rotatable bonds is 3. The zero-order chi connectivity index (χ0) is 31.3. The molecule has 2 heterocycles. The van der Waals surface area contributed by atoms with E-state index in [4.69, 9.17) is 4.42 Å². The average molecular weight is 604 g/mol. The van der Waals surface area contributed by atoms with Gasteiger partial charge in [-0.2, -0.15) is 0 Å². The normalized spacial score (nSPS) is 14.5. The molecule has 0 fully saturated rings. The molecular formula is C45H33NO. The lowest BCUT2D eigenvalue weighted by atomic mass is 9.82. The van der Waals surface area contributed by atoms with Crippen molar-refractivity contribution < 1.29 is 4.42 Å². The van der Waals surface area contributed by atoms with Crippen LogP contribution in [0.2, 0.25) is 0 Å². The minimum absolute atomic E-state index is 0.00458. The summed E-state index contributed by atoms with van der Waals surface area (Å²) in [7, 11) is 0. The van der Waals surface area contributed by atoms with E-state index in [0.717, 1.165) is 45.9 Å². The van der Waals surface area contributed by atoms with Crippen LogP contribution in [0.4, 0.5) is 0 Å². The van der Waals surface area contributed by atoms with Crippen molar-refractivity contribution in [1.29, 1.82) is 0 Å². The van der Waals surface area contributed by atoms with Crippen LogP contribution in [-0.2, 0) is 11.8 Å². The lowest BCUT2D eigenvalue weighted by Gasteiger charge is -2.21. The van der Waals surface area contributed by atoms with Crippen molar-refractivity contribution in [2.75, 3.05) is 0 Å². The number of hydrogen-bond acceptors (Lipinski definition) is 1. The average Bonchev–Trinajstić information content (AvgIpc) is 3.73. The maximum atomic E-state index is 6.32. The first-order valence-electron chi connectivity index (χ1n) is 16.7. The Labute approximate surface area is 274 Å². The number of fused-ring (bicyclic) bond motifs is 9. The molecule has 10 rings (SSSR count). The molecule has 2 nitrogen and oxygen atoms in total. The Morgan fingerprint density at radius 1 is 0.596 bits per heavy atom. The molecule has 0 aliphatic heterocycles. The summed E-state index contributed by atoms with van der Waals surface area (Å²) >= 11 is 0. The van der Waals surface area contributed by atoms with Gasteiger partial charge >= 0.3 is 0 Å². The van der Waals surface area contributed by atoms with Gasteiger partial charge in [-0.25, -0.2) is 0 Å². The lowest BCUT2D eigenvalue weighted by Crippen LogP contribution is -2.14. The van der Waals surface area contributed by atoms with Crippen LogP contribution in [0.25, 0.3) is 78.0 Å². The largest absolute Gasteiger partial charge is 0.455 e. The van der Waals surface area contributed by atoms with E-state index >= 15 is 0 Å². The van der Waals surface area contributed by atoms with Crippen molar-refractivity contribution in [1.82, 2.24) is 4.57 Å². The molecular weight excluding hydrogens is 571 g/mol. The summed E-state index contributed by atoms with van der Waals surface area (Å²) in [5.74, 6) is 0. The van der Waals surface area contributed by atoms with Crippen molar-refractivity contribution in [3.63, 3.8) is 0 Å². The Morgan fingerprint density at radius 3 is 2.15 bits per heavy atom. The van der Waals surface area contributed by atoms with Crippen LogP contribution >= 0.6 is 0 Å². The molecule has 6 aromatic carbocycles. The number of para-hydroxylation sites is 2. The molecule has 2 aliphatic rings. The number of aryl methyl sites for hydroxylation is 1. The quantitative estimate of drug-likeness (QED) is 0.196. The Bertz CT molecular complexity index is 2570. The van der Waals surface area contributed by atoms with Crippen molar-refractivity contribution in [2.45, 2.75) is 32.1 Å². The molecule has 224 valence electrons. The van der Waals surface area contributed by atoms with Crippen molar-refractivity contribution in [3.8, 4) is 39.1 Å². The molecule has 0 saturated heterocycles. The molecule has 8 aromatic rings. The third-order valence-electron chi connectivity index (χ3n) is 10.7. The molecule has 0 amide bonds. The van der Waals surface area contributed by atoms with Gasteiger partial charge in [-0.15, -0.1) is 0 Å². The molecule has 0 atom stereocenters. The molecule has 2 heteroatoms. The van der Waals surface area contributed by atoms with E-state index in [1.54, 1.807) is 0 Å². The number of furan rings is 1. The summed E-state index contributed by atoms with van der Waals surface area (Å²) in [6.07, 6.45) is 6.82. The maximum absolute atomic E-state index is 6.32. The molecule has 0 bridgehead atoms. The Hall–Kier alpha value is -5.60. The van der Waals surface area contributed by atoms with E-state index < -0.39 is 0 Å². The van der Waals surface area contributed by atoms with E-state index in [9.17, 15) is 0 Å². The SMILES string of the molecule is CC1(C)c2ccccc2-c2cc3c(cc21)c1c(n3-c2ccc(-c3ccc(-c4cccc5c4oc4ccccc45)cc3)cc2)C=CCC1. The van der Waals surface area contributed by atoms with Crippen LogP contribution in [0.15, 0.2) is 138 Å². The molecule has 0 saturated carbocycles. The molecule has 2 aliphatic carbocycles. The highest BCUT2D eigenvalue weighted by Crippen LogP contribution is 2.51. The second-order valence-electron chi connectivity index (χ2n) is 13.6. The first kappa shape index (κ1) is 26.6. The molecule has 0 N–H and O–H groups in total. The second kappa shape index (κ2) is 9.70. The smallest absolute Gasteiger partial charge is 0.143 e. The number of benzene rings is 6. The minimum Gasteiger partial charge on any atom is -0.455 e. The van der Waals surface area contributed by atoms with Crippen LogP contribution in [0.5, 0.6) is 0 Å². The summed E-state index contributed by atoms with van der Waals surface area (Å²) in [5.41, 5.74) is 17.4. The molecule has 0 unspecified atom stereocenters. The Balaban J connectivity index is 1.05. The molecule has 2 aromatic heterocycles. The van der Waals surface area contributed by atoms with Gasteiger partial charge in [0.15, 0.2) is 0 Å². The first-order chi connectivity index (χ1) is 23.1. The second-order valence-corrected chi connectivity index (χ2v) is 13.6. The highest BCUT2D eigenvalue weighted by atomic mass is 16.3. The third kappa shape index (κ3) is 3.79. The predicted octanol–water partition coefficient (Wildman–Crippen LogP) is 12.1. The number of allylic oxidation sites excluding steroid dienone is 1. The first-order valence-corrected chi connectivity index (χ1v) is 16.7. The van der Waals surface area contributed by atoms with Gasteiger partial charge in [-0.3, -0.25) is 0 Å². The van der Waals surface area contributed by atoms with Crippen molar-refractivity contribution >= 4 is 38.9 Å². The van der Waals surface area contributed by atoms with Gasteiger partial charge in [0.25, 0.3) is 0 Å². The van der Waals surface area contributed by atoms with Gasteiger partial charge in [0.1, 0.15) is 11.2 Å². The zero-order valence-electron chi connectivity index (χ0n) is 26.5. The summed E-state index contributed by atoms with van der Waals surface area (Å²) in [4.78, 5) is 0. The van der Waals surface area contributed by atoms with Gasteiger partial charge in [0.05, 0.1) is 5.52 Å². The van der Waals surface area contributed by atoms with E-state index in [-0.39, 0.29) is 5.41 Å². The lowest BCUT2D eigenvalue weighted by molar-refractivity contribution is 0.661. The predicted molar refractivity (Wildman–Crippen MR) is 196 cm³/mol. The van der Waals surface area contributed by atoms with Crippen LogP contribution in [0.1, 0.15) is 42.7 Å². The molecule has 47 heavy (non-hydrogen) atoms. The van der Waals surface area contributed by atoms with Gasteiger partial charge < -0.3 is 8.98 Å². The van der Waals surface area contributed by atoms with Gasteiger partial charge in [-0.05, 0) is 93.8 Å².